The van der Waals surface area contributed by atoms with E-state index in [-0.39, 0.29) is 11.8 Å². The summed E-state index contributed by atoms with van der Waals surface area (Å²) in [5.41, 5.74) is 1.82. The fraction of sp³-hybridized carbons (Fsp3) is 0.273. The molecular weight excluding hydrogens is 356 g/mol. The molecule has 0 saturated carbocycles. The number of benzene rings is 1. The number of furan rings is 1. The molecule has 0 saturated heterocycles. The molecule has 6 heteroatoms. The van der Waals surface area contributed by atoms with E-state index >= 15 is 0 Å². The molecule has 144 valence electrons. The van der Waals surface area contributed by atoms with E-state index in [1.165, 1.54) is 0 Å². The second kappa shape index (κ2) is 8.17. The maximum atomic E-state index is 13.3. The van der Waals surface area contributed by atoms with Crippen LogP contribution in [0.1, 0.15) is 17.0 Å². The minimum Gasteiger partial charge on any atom is -0.493 e. The average Bonchev–Trinajstić information content (AvgIpc) is 3.26. The number of hydrogen-bond donors (Lipinski definition) is 0. The van der Waals surface area contributed by atoms with E-state index in [0.29, 0.717) is 31.9 Å². The molecule has 1 aliphatic rings. The lowest BCUT2D eigenvalue weighted by molar-refractivity contribution is -0.138. The molecule has 0 radical (unpaired) electrons. The number of ether oxygens (including phenoxy) is 2. The molecule has 1 amide bonds. The number of aromatic nitrogens is 1. The van der Waals surface area contributed by atoms with Crippen LogP contribution in [0.5, 0.6) is 11.5 Å². The van der Waals surface area contributed by atoms with Crippen LogP contribution < -0.4 is 9.47 Å². The fourth-order valence-electron chi connectivity index (χ4n) is 3.46. The number of fused-ring (bicyclic) bond motifs is 1. The van der Waals surface area contributed by atoms with Crippen LogP contribution in [0.3, 0.4) is 0 Å². The summed E-state index contributed by atoms with van der Waals surface area (Å²) in [7, 11) is 1.62. The molecule has 4 rings (SSSR count). The van der Waals surface area contributed by atoms with Gasteiger partial charge in [-0.3, -0.25) is 9.78 Å². The zero-order valence-corrected chi connectivity index (χ0v) is 15.7. The molecule has 2 aromatic heterocycles. The van der Waals surface area contributed by atoms with Gasteiger partial charge in [0.25, 0.3) is 0 Å². The standard InChI is InChI=1S/C22H22N2O4/c1-26-20-9-4-6-16-12-17(15-28-21(16)20)22(25)24(14-19-8-5-11-27-19)13-18-7-2-3-10-23-18/h2-11,17H,12-15H2,1H3/t17-/m0/s1. The first kappa shape index (κ1) is 18.1. The average molecular weight is 378 g/mol. The molecule has 1 atom stereocenters. The van der Waals surface area contributed by atoms with Gasteiger partial charge in [0.1, 0.15) is 12.4 Å². The highest BCUT2D eigenvalue weighted by Gasteiger charge is 2.31. The SMILES string of the molecule is COc1cccc2c1OC[C@@H](C(=O)N(Cc1ccccn1)Cc1ccco1)C2. The van der Waals surface area contributed by atoms with E-state index in [1.807, 2.05) is 48.5 Å². The lowest BCUT2D eigenvalue weighted by atomic mass is 9.95. The highest BCUT2D eigenvalue weighted by molar-refractivity contribution is 5.80. The Morgan fingerprint density at radius 2 is 2.11 bits per heavy atom. The van der Waals surface area contributed by atoms with Gasteiger partial charge in [0, 0.05) is 6.20 Å². The second-order valence-electron chi connectivity index (χ2n) is 6.76. The number of pyridine rings is 1. The van der Waals surface area contributed by atoms with Crippen molar-refractivity contribution in [3.05, 3.63) is 78.0 Å². The van der Waals surface area contributed by atoms with Crippen molar-refractivity contribution in [3.8, 4) is 11.5 Å². The number of hydrogen-bond acceptors (Lipinski definition) is 5. The second-order valence-corrected chi connectivity index (χ2v) is 6.76. The van der Waals surface area contributed by atoms with Crippen LogP contribution in [-0.4, -0.2) is 29.5 Å². The molecule has 0 bridgehead atoms. The molecule has 3 heterocycles. The summed E-state index contributed by atoms with van der Waals surface area (Å²) in [6, 6.07) is 15.2. The quantitative estimate of drug-likeness (QED) is 0.657. The number of methoxy groups -OCH3 is 1. The van der Waals surface area contributed by atoms with Crippen molar-refractivity contribution in [1.29, 1.82) is 0 Å². The zero-order valence-electron chi connectivity index (χ0n) is 15.7. The van der Waals surface area contributed by atoms with E-state index < -0.39 is 0 Å². The van der Waals surface area contributed by atoms with Crippen LogP contribution in [0.25, 0.3) is 0 Å². The molecule has 0 spiro atoms. The van der Waals surface area contributed by atoms with Gasteiger partial charge in [0.2, 0.25) is 5.91 Å². The number of amides is 1. The van der Waals surface area contributed by atoms with Crippen molar-refractivity contribution in [3.63, 3.8) is 0 Å². The summed E-state index contributed by atoms with van der Waals surface area (Å²) < 4.78 is 16.7. The fourth-order valence-corrected chi connectivity index (χ4v) is 3.46. The number of carbonyl (C=O) groups excluding carboxylic acids is 1. The highest BCUT2D eigenvalue weighted by Crippen LogP contribution is 2.36. The highest BCUT2D eigenvalue weighted by atomic mass is 16.5. The van der Waals surface area contributed by atoms with Gasteiger partial charge in [0.15, 0.2) is 11.5 Å². The number of nitrogens with zero attached hydrogens (tertiary/aromatic N) is 2. The van der Waals surface area contributed by atoms with Gasteiger partial charge in [0.05, 0.1) is 38.1 Å². The Morgan fingerprint density at radius 3 is 2.86 bits per heavy atom. The molecule has 0 unspecified atom stereocenters. The third kappa shape index (κ3) is 3.86. The van der Waals surface area contributed by atoms with Crippen molar-refractivity contribution in [1.82, 2.24) is 9.88 Å². The number of para-hydroxylation sites is 1. The first-order valence-corrected chi connectivity index (χ1v) is 9.24. The van der Waals surface area contributed by atoms with Gasteiger partial charge in [-0.25, -0.2) is 0 Å². The summed E-state index contributed by atoms with van der Waals surface area (Å²) in [4.78, 5) is 19.5. The van der Waals surface area contributed by atoms with Gasteiger partial charge in [-0.05, 0) is 42.3 Å². The van der Waals surface area contributed by atoms with E-state index in [0.717, 1.165) is 22.8 Å². The van der Waals surface area contributed by atoms with Crippen molar-refractivity contribution >= 4 is 5.91 Å². The van der Waals surface area contributed by atoms with Gasteiger partial charge in [-0.2, -0.15) is 0 Å². The molecule has 28 heavy (non-hydrogen) atoms. The molecule has 1 aliphatic heterocycles. The Kier molecular flexibility index (Phi) is 5.28. The van der Waals surface area contributed by atoms with E-state index in [2.05, 4.69) is 4.98 Å². The Morgan fingerprint density at radius 1 is 1.18 bits per heavy atom. The van der Waals surface area contributed by atoms with E-state index in [1.54, 1.807) is 24.5 Å². The van der Waals surface area contributed by atoms with Crippen LogP contribution in [0.4, 0.5) is 0 Å². The van der Waals surface area contributed by atoms with Crippen molar-refractivity contribution in [2.75, 3.05) is 13.7 Å². The summed E-state index contributed by atoms with van der Waals surface area (Å²) in [6.07, 6.45) is 3.96. The maximum absolute atomic E-state index is 13.3. The van der Waals surface area contributed by atoms with Gasteiger partial charge in [-0.15, -0.1) is 0 Å². The van der Waals surface area contributed by atoms with Crippen LogP contribution in [0.2, 0.25) is 0 Å². The normalized spacial score (nSPS) is 15.4. The van der Waals surface area contributed by atoms with Crippen LogP contribution >= 0.6 is 0 Å². The van der Waals surface area contributed by atoms with Crippen molar-refractivity contribution < 1.29 is 18.7 Å². The van der Waals surface area contributed by atoms with Crippen LogP contribution in [0, 0.1) is 5.92 Å². The first-order chi connectivity index (χ1) is 13.7. The zero-order chi connectivity index (χ0) is 19.3. The molecule has 0 fully saturated rings. The molecule has 0 aliphatic carbocycles. The molecule has 6 nitrogen and oxygen atoms in total. The van der Waals surface area contributed by atoms with Gasteiger partial charge >= 0.3 is 0 Å². The maximum Gasteiger partial charge on any atom is 0.230 e. The van der Waals surface area contributed by atoms with Crippen molar-refractivity contribution in [2.24, 2.45) is 5.92 Å². The number of carbonyl (C=O) groups is 1. The van der Waals surface area contributed by atoms with Gasteiger partial charge in [-0.1, -0.05) is 18.2 Å². The van der Waals surface area contributed by atoms with Crippen LogP contribution in [0.15, 0.2) is 65.4 Å². The van der Waals surface area contributed by atoms with E-state index in [9.17, 15) is 4.79 Å². The Hall–Kier alpha value is -3.28. The Labute approximate surface area is 163 Å². The minimum atomic E-state index is -0.265. The van der Waals surface area contributed by atoms with Gasteiger partial charge < -0.3 is 18.8 Å². The monoisotopic (exact) mass is 378 g/mol. The topological polar surface area (TPSA) is 64.8 Å². The summed E-state index contributed by atoms with van der Waals surface area (Å²) in [5, 5.41) is 0. The molecule has 3 aromatic rings. The van der Waals surface area contributed by atoms with Crippen LogP contribution in [-0.2, 0) is 24.3 Å². The van der Waals surface area contributed by atoms with Crippen molar-refractivity contribution in [2.45, 2.75) is 19.5 Å². The minimum absolute atomic E-state index is 0.0236. The molecular formula is C22H22N2O4. The largest absolute Gasteiger partial charge is 0.493 e. The molecule has 1 aromatic carbocycles. The lowest BCUT2D eigenvalue weighted by Gasteiger charge is -2.30. The third-order valence-corrected chi connectivity index (χ3v) is 4.84. The molecule has 0 N–H and O–H groups in total. The summed E-state index contributed by atoms with van der Waals surface area (Å²) in [5.74, 6) is 1.93. The lowest BCUT2D eigenvalue weighted by Crippen LogP contribution is -2.40. The Bertz CT molecular complexity index is 925. The summed E-state index contributed by atoms with van der Waals surface area (Å²) >= 11 is 0. The predicted molar refractivity (Wildman–Crippen MR) is 103 cm³/mol. The Balaban J connectivity index is 1.54. The summed E-state index contributed by atoms with van der Waals surface area (Å²) in [6.45, 7) is 1.13. The third-order valence-electron chi connectivity index (χ3n) is 4.84. The smallest absolute Gasteiger partial charge is 0.230 e. The number of rotatable bonds is 6. The first-order valence-electron chi connectivity index (χ1n) is 9.24. The predicted octanol–water partition coefficient (Wildman–Crippen LogP) is 3.46. The van der Waals surface area contributed by atoms with E-state index in [4.69, 9.17) is 13.9 Å².